The van der Waals surface area contributed by atoms with Crippen LogP contribution in [0.3, 0.4) is 0 Å². The lowest BCUT2D eigenvalue weighted by Crippen LogP contribution is -2.14. The van der Waals surface area contributed by atoms with Gasteiger partial charge in [0.05, 0.1) is 0 Å². The molecule has 0 fully saturated rings. The van der Waals surface area contributed by atoms with Crippen molar-refractivity contribution in [2.45, 2.75) is 20.8 Å². The molecule has 1 aromatic heterocycles. The Morgan fingerprint density at radius 2 is 2.00 bits per heavy atom. The van der Waals surface area contributed by atoms with Crippen molar-refractivity contribution in [1.82, 2.24) is 0 Å². The second kappa shape index (κ2) is 5.78. The monoisotopic (exact) mass is 180 g/mol. The molecule has 0 unspecified atom stereocenters. The molecule has 1 heterocycles. The van der Waals surface area contributed by atoms with Gasteiger partial charge in [0.1, 0.15) is 0 Å². The third-order valence-electron chi connectivity index (χ3n) is 1.23. The maximum absolute atomic E-state index is 3.89. The van der Waals surface area contributed by atoms with Crippen molar-refractivity contribution in [2.24, 2.45) is 0 Å². The molecule has 0 aromatic carbocycles. The van der Waals surface area contributed by atoms with Crippen molar-refractivity contribution in [3.63, 3.8) is 0 Å². The van der Waals surface area contributed by atoms with E-state index >= 15 is 0 Å². The Balaban J connectivity index is 0.000000561. The fraction of sp³-hybridized carbons (Fsp3) is 0.273. The van der Waals surface area contributed by atoms with Crippen molar-refractivity contribution in [1.29, 1.82) is 0 Å². The molecule has 0 N–H and O–H groups in total. The predicted octanol–water partition coefficient (Wildman–Crippen LogP) is 2.46. The highest BCUT2D eigenvalue weighted by atomic mass is 32.1. The first kappa shape index (κ1) is 11.2. The summed E-state index contributed by atoms with van der Waals surface area (Å²) in [4.78, 5) is 1.30. The second-order valence-electron chi connectivity index (χ2n) is 2.15. The molecule has 0 spiro atoms. The van der Waals surface area contributed by atoms with Gasteiger partial charge in [0.2, 0.25) is 0 Å². The summed E-state index contributed by atoms with van der Waals surface area (Å²) < 4.78 is 1.22. The van der Waals surface area contributed by atoms with Gasteiger partial charge in [-0.05, 0) is 24.3 Å². The van der Waals surface area contributed by atoms with Crippen LogP contribution >= 0.6 is 11.3 Å². The average molecular weight is 180 g/mol. The van der Waals surface area contributed by atoms with Crippen molar-refractivity contribution in [2.75, 3.05) is 0 Å². The van der Waals surface area contributed by atoms with Crippen LogP contribution in [0.1, 0.15) is 18.7 Å². The van der Waals surface area contributed by atoms with E-state index in [0.29, 0.717) is 0 Å². The van der Waals surface area contributed by atoms with Crippen LogP contribution in [-0.2, 0) is 0 Å². The minimum Gasteiger partial charge on any atom is -0.141 e. The third kappa shape index (κ3) is 3.05. The first-order valence-corrected chi connectivity index (χ1v) is 4.94. The SMILES string of the molecule is C=C/C=c1/sc(C)cc1=C.CC. The lowest BCUT2D eigenvalue weighted by Gasteiger charge is -1.70. The van der Waals surface area contributed by atoms with Crippen LogP contribution < -0.4 is 9.75 Å². The fourth-order valence-electron chi connectivity index (χ4n) is 0.833. The summed E-state index contributed by atoms with van der Waals surface area (Å²) in [5, 5.41) is 1.10. The summed E-state index contributed by atoms with van der Waals surface area (Å²) in [6.07, 6.45) is 3.78. The second-order valence-corrected chi connectivity index (χ2v) is 3.44. The van der Waals surface area contributed by atoms with Gasteiger partial charge in [0.25, 0.3) is 0 Å². The lowest BCUT2D eigenvalue weighted by molar-refractivity contribution is 1.50. The van der Waals surface area contributed by atoms with E-state index in [4.69, 9.17) is 0 Å². The molecule has 0 radical (unpaired) electrons. The summed E-state index contributed by atoms with van der Waals surface area (Å²) >= 11 is 1.75. The van der Waals surface area contributed by atoms with Crippen molar-refractivity contribution >= 4 is 24.0 Å². The van der Waals surface area contributed by atoms with Crippen LogP contribution in [0.15, 0.2) is 18.7 Å². The molecule has 1 aromatic rings. The van der Waals surface area contributed by atoms with Crippen molar-refractivity contribution < 1.29 is 0 Å². The lowest BCUT2D eigenvalue weighted by atomic mass is 10.4. The minimum atomic E-state index is 1.10. The number of hydrogen-bond donors (Lipinski definition) is 0. The van der Waals surface area contributed by atoms with E-state index in [2.05, 4.69) is 26.1 Å². The first-order chi connectivity index (χ1) is 5.74. The average Bonchev–Trinajstić information content (AvgIpc) is 2.35. The molecule has 0 aliphatic heterocycles. The molecule has 1 rings (SSSR count). The van der Waals surface area contributed by atoms with Gasteiger partial charge in [-0.25, -0.2) is 0 Å². The summed E-state index contributed by atoms with van der Waals surface area (Å²) in [5.74, 6) is 0. The van der Waals surface area contributed by atoms with Crippen LogP contribution in [0.4, 0.5) is 0 Å². The highest BCUT2D eigenvalue weighted by Crippen LogP contribution is 1.94. The Kier molecular flexibility index (Phi) is 5.39. The molecule has 0 saturated heterocycles. The molecule has 66 valence electrons. The Morgan fingerprint density at radius 1 is 1.42 bits per heavy atom. The summed E-state index contributed by atoms with van der Waals surface area (Å²) in [6.45, 7) is 13.6. The minimum absolute atomic E-state index is 1.10. The number of hydrogen-bond acceptors (Lipinski definition) is 1. The Hall–Kier alpha value is -0.820. The molecule has 0 aliphatic rings. The highest BCUT2D eigenvalue weighted by molar-refractivity contribution is 7.09. The standard InChI is InChI=1S/C9H10S.C2H6/c1-4-5-9-7(2)6-8(3)10-9;1-2/h4-6H,1-2H2,3H3;1-2H3/b9-5+;. The summed E-state index contributed by atoms with van der Waals surface area (Å²) in [6, 6.07) is 2.08. The van der Waals surface area contributed by atoms with E-state index in [0.717, 1.165) is 5.22 Å². The predicted molar refractivity (Wildman–Crippen MR) is 59.8 cm³/mol. The molecule has 0 aliphatic carbocycles. The smallest absolute Gasteiger partial charge is 0.0339 e. The third-order valence-corrected chi connectivity index (χ3v) is 2.29. The Bertz CT molecular complexity index is 330. The van der Waals surface area contributed by atoms with E-state index < -0.39 is 0 Å². The molecule has 1 heteroatoms. The number of rotatable bonds is 1. The maximum atomic E-state index is 3.89. The van der Waals surface area contributed by atoms with Crippen LogP contribution in [-0.4, -0.2) is 0 Å². The van der Waals surface area contributed by atoms with Crippen molar-refractivity contribution in [3.05, 3.63) is 33.3 Å². The van der Waals surface area contributed by atoms with E-state index in [9.17, 15) is 0 Å². The van der Waals surface area contributed by atoms with Crippen molar-refractivity contribution in [3.8, 4) is 0 Å². The van der Waals surface area contributed by atoms with Gasteiger partial charge in [0.15, 0.2) is 0 Å². The molecule has 12 heavy (non-hydrogen) atoms. The maximum Gasteiger partial charge on any atom is 0.0339 e. The zero-order valence-corrected chi connectivity index (χ0v) is 8.87. The Morgan fingerprint density at radius 3 is 2.33 bits per heavy atom. The van der Waals surface area contributed by atoms with Crippen LogP contribution in [0, 0.1) is 6.92 Å². The first-order valence-electron chi connectivity index (χ1n) is 4.12. The van der Waals surface area contributed by atoms with Gasteiger partial charge in [-0.3, -0.25) is 0 Å². The number of allylic oxidation sites excluding steroid dienone is 1. The number of thiophene rings is 1. The largest absolute Gasteiger partial charge is 0.141 e. The van der Waals surface area contributed by atoms with E-state index in [1.165, 1.54) is 9.41 Å². The normalized spacial score (nSPS) is 10.4. The van der Waals surface area contributed by atoms with Gasteiger partial charge in [-0.15, -0.1) is 11.3 Å². The summed E-state index contributed by atoms with van der Waals surface area (Å²) in [5.41, 5.74) is 0. The molecular weight excluding hydrogens is 164 g/mol. The number of aryl methyl sites for hydroxylation is 1. The van der Waals surface area contributed by atoms with Gasteiger partial charge in [-0.2, -0.15) is 0 Å². The molecule has 0 saturated carbocycles. The topological polar surface area (TPSA) is 0 Å². The van der Waals surface area contributed by atoms with E-state index in [-0.39, 0.29) is 0 Å². The van der Waals surface area contributed by atoms with Gasteiger partial charge in [-0.1, -0.05) is 33.1 Å². The quantitative estimate of drug-likeness (QED) is 0.623. The van der Waals surface area contributed by atoms with Crippen LogP contribution in [0.2, 0.25) is 0 Å². The van der Waals surface area contributed by atoms with Gasteiger partial charge in [0, 0.05) is 9.41 Å². The van der Waals surface area contributed by atoms with Gasteiger partial charge < -0.3 is 0 Å². The van der Waals surface area contributed by atoms with E-state index in [1.807, 2.05) is 19.9 Å². The fourth-order valence-corrected chi connectivity index (χ4v) is 1.74. The molecule has 0 bridgehead atoms. The molecule has 0 atom stereocenters. The van der Waals surface area contributed by atoms with E-state index in [1.54, 1.807) is 17.4 Å². The zero-order chi connectivity index (χ0) is 9.56. The molecular formula is C11H16S. The summed E-state index contributed by atoms with van der Waals surface area (Å²) in [7, 11) is 0. The van der Waals surface area contributed by atoms with Crippen LogP contribution in [0.5, 0.6) is 0 Å². The Labute approximate surface area is 78.6 Å². The zero-order valence-electron chi connectivity index (χ0n) is 8.05. The molecule has 0 amide bonds. The van der Waals surface area contributed by atoms with Gasteiger partial charge >= 0.3 is 0 Å². The molecule has 0 nitrogen and oxygen atoms in total. The van der Waals surface area contributed by atoms with Crippen LogP contribution in [0.25, 0.3) is 12.7 Å². The highest BCUT2D eigenvalue weighted by Gasteiger charge is 1.86.